The lowest BCUT2D eigenvalue weighted by atomic mass is 9.79. The molecule has 0 aliphatic heterocycles. The van der Waals surface area contributed by atoms with Crippen molar-refractivity contribution >= 4 is 35.8 Å². The quantitative estimate of drug-likeness (QED) is 0.827. The van der Waals surface area contributed by atoms with Crippen molar-refractivity contribution in [1.82, 2.24) is 0 Å². The summed E-state index contributed by atoms with van der Waals surface area (Å²) < 4.78 is 10.6. The van der Waals surface area contributed by atoms with Crippen molar-refractivity contribution in [2.75, 3.05) is 7.11 Å². The summed E-state index contributed by atoms with van der Waals surface area (Å²) in [6, 6.07) is 9.83. The summed E-state index contributed by atoms with van der Waals surface area (Å²) >= 11 is 12.0. The average molecular weight is 327 g/mol. The molecule has 4 nitrogen and oxygen atoms in total. The highest BCUT2D eigenvalue weighted by atomic mass is 35.5. The normalized spacial score (nSPS) is 10.3. The predicted molar refractivity (Wildman–Crippen MR) is 83.6 cm³/mol. The Morgan fingerprint density at radius 2 is 1.86 bits per heavy atom. The van der Waals surface area contributed by atoms with Gasteiger partial charge in [-0.3, -0.25) is 0 Å². The van der Waals surface area contributed by atoms with Crippen molar-refractivity contribution in [1.29, 1.82) is 0 Å². The molecular weight excluding hydrogens is 314 g/mol. The van der Waals surface area contributed by atoms with Crippen molar-refractivity contribution in [3.05, 3.63) is 52.0 Å². The summed E-state index contributed by atoms with van der Waals surface area (Å²) in [5, 5.41) is 19.9. The minimum atomic E-state index is -1.66. The Labute approximate surface area is 133 Å². The molecule has 0 radical (unpaired) electrons. The Morgan fingerprint density at radius 1 is 1.10 bits per heavy atom. The van der Waals surface area contributed by atoms with E-state index in [1.165, 1.54) is 13.2 Å². The van der Waals surface area contributed by atoms with E-state index in [0.29, 0.717) is 27.1 Å². The average Bonchev–Trinajstić information content (AvgIpc) is 2.48. The minimum Gasteiger partial charge on any atom is -0.497 e. The fourth-order valence-electron chi connectivity index (χ4n) is 1.80. The van der Waals surface area contributed by atoms with Crippen LogP contribution < -0.4 is 14.9 Å². The van der Waals surface area contributed by atoms with Crippen LogP contribution in [0.1, 0.15) is 5.56 Å². The molecule has 2 aromatic carbocycles. The van der Waals surface area contributed by atoms with Crippen LogP contribution in [0.15, 0.2) is 36.4 Å². The fourth-order valence-corrected chi connectivity index (χ4v) is 2.16. The molecule has 0 saturated carbocycles. The summed E-state index contributed by atoms with van der Waals surface area (Å²) in [7, 11) is -0.167. The maximum atomic E-state index is 9.39. The van der Waals surface area contributed by atoms with E-state index >= 15 is 0 Å². The Morgan fingerprint density at radius 3 is 2.52 bits per heavy atom. The van der Waals surface area contributed by atoms with Gasteiger partial charge in [-0.05, 0) is 36.4 Å². The summed E-state index contributed by atoms with van der Waals surface area (Å²) in [6.45, 7) is 0.158. The molecule has 0 bridgehead atoms. The van der Waals surface area contributed by atoms with E-state index < -0.39 is 7.12 Å². The molecule has 2 rings (SSSR count). The zero-order chi connectivity index (χ0) is 15.4. The number of hydrogen-bond acceptors (Lipinski definition) is 4. The first-order valence-electron chi connectivity index (χ1n) is 6.12. The van der Waals surface area contributed by atoms with Gasteiger partial charge in [0, 0.05) is 21.1 Å². The third kappa shape index (κ3) is 4.05. The molecule has 0 amide bonds. The first kappa shape index (κ1) is 16.0. The first-order chi connectivity index (χ1) is 10.0. The second-order valence-electron chi connectivity index (χ2n) is 4.30. The van der Waals surface area contributed by atoms with E-state index in [0.717, 1.165) is 0 Å². The third-order valence-corrected chi connectivity index (χ3v) is 3.49. The lowest BCUT2D eigenvalue weighted by Gasteiger charge is -2.13. The molecule has 0 unspecified atom stereocenters. The Kier molecular flexibility index (Phi) is 5.36. The van der Waals surface area contributed by atoms with E-state index in [-0.39, 0.29) is 12.1 Å². The highest BCUT2D eigenvalue weighted by molar-refractivity contribution is 6.59. The predicted octanol–water partition coefficient (Wildman–Crippen LogP) is 2.26. The number of ether oxygens (including phenoxy) is 2. The van der Waals surface area contributed by atoms with Crippen LogP contribution in [0.3, 0.4) is 0 Å². The molecule has 110 valence electrons. The van der Waals surface area contributed by atoms with Gasteiger partial charge in [-0.2, -0.15) is 0 Å². The molecule has 2 N–H and O–H groups in total. The zero-order valence-electron chi connectivity index (χ0n) is 11.2. The standard InChI is InChI=1S/C14H13BCl2O4/c1-20-11-3-5-14(12(7-11)15(18)19)21-8-9-6-10(16)2-4-13(9)17/h2-7,18-19H,8H2,1H3. The van der Waals surface area contributed by atoms with Gasteiger partial charge < -0.3 is 19.5 Å². The molecule has 0 spiro atoms. The second-order valence-corrected chi connectivity index (χ2v) is 5.15. The molecule has 0 fully saturated rings. The van der Waals surface area contributed by atoms with E-state index in [1.807, 2.05) is 0 Å². The van der Waals surface area contributed by atoms with Crippen LogP contribution in [0.5, 0.6) is 11.5 Å². The van der Waals surface area contributed by atoms with Crippen molar-refractivity contribution < 1.29 is 19.5 Å². The highest BCUT2D eigenvalue weighted by Crippen LogP contribution is 2.23. The van der Waals surface area contributed by atoms with E-state index in [1.54, 1.807) is 30.3 Å². The maximum Gasteiger partial charge on any atom is 0.492 e. The van der Waals surface area contributed by atoms with E-state index in [9.17, 15) is 10.0 Å². The fraction of sp³-hybridized carbons (Fsp3) is 0.143. The van der Waals surface area contributed by atoms with Crippen molar-refractivity contribution in [3.63, 3.8) is 0 Å². The van der Waals surface area contributed by atoms with Crippen LogP contribution in [0.4, 0.5) is 0 Å². The molecule has 0 aliphatic rings. The van der Waals surface area contributed by atoms with Crippen molar-refractivity contribution in [2.24, 2.45) is 0 Å². The van der Waals surface area contributed by atoms with Crippen LogP contribution in [0, 0.1) is 0 Å². The Hall–Kier alpha value is -1.40. The lowest BCUT2D eigenvalue weighted by molar-refractivity contribution is 0.306. The van der Waals surface area contributed by atoms with Crippen LogP contribution >= 0.6 is 23.2 Å². The Balaban J connectivity index is 2.21. The van der Waals surface area contributed by atoms with Gasteiger partial charge in [-0.25, -0.2) is 0 Å². The summed E-state index contributed by atoms with van der Waals surface area (Å²) in [5.41, 5.74) is 0.922. The number of hydrogen-bond donors (Lipinski definition) is 2. The van der Waals surface area contributed by atoms with Gasteiger partial charge in [0.1, 0.15) is 18.1 Å². The second kappa shape index (κ2) is 7.05. The van der Waals surface area contributed by atoms with Gasteiger partial charge in [0.05, 0.1) is 7.11 Å². The number of benzene rings is 2. The Bertz CT molecular complexity index is 634. The van der Waals surface area contributed by atoms with Crippen LogP contribution in [-0.2, 0) is 6.61 Å². The summed E-state index contributed by atoms with van der Waals surface area (Å²) in [5.74, 6) is 0.841. The molecular formula is C14H13BCl2O4. The monoisotopic (exact) mass is 326 g/mol. The molecule has 21 heavy (non-hydrogen) atoms. The number of halogens is 2. The third-order valence-electron chi connectivity index (χ3n) is 2.89. The summed E-state index contributed by atoms with van der Waals surface area (Å²) in [6.07, 6.45) is 0. The molecule has 0 heterocycles. The van der Waals surface area contributed by atoms with Gasteiger partial charge in [0.2, 0.25) is 0 Å². The minimum absolute atomic E-state index is 0.158. The van der Waals surface area contributed by atoms with E-state index in [2.05, 4.69) is 0 Å². The van der Waals surface area contributed by atoms with E-state index in [4.69, 9.17) is 32.7 Å². The van der Waals surface area contributed by atoms with Crippen molar-refractivity contribution in [3.8, 4) is 11.5 Å². The molecule has 2 aromatic rings. The zero-order valence-corrected chi connectivity index (χ0v) is 12.7. The van der Waals surface area contributed by atoms with Crippen LogP contribution in [0.25, 0.3) is 0 Å². The van der Waals surface area contributed by atoms with Gasteiger partial charge in [0.15, 0.2) is 0 Å². The highest BCUT2D eigenvalue weighted by Gasteiger charge is 2.18. The van der Waals surface area contributed by atoms with Gasteiger partial charge in [-0.1, -0.05) is 23.2 Å². The number of methoxy groups -OCH3 is 1. The molecule has 0 aromatic heterocycles. The van der Waals surface area contributed by atoms with Gasteiger partial charge in [-0.15, -0.1) is 0 Å². The maximum absolute atomic E-state index is 9.39. The lowest BCUT2D eigenvalue weighted by Crippen LogP contribution is -2.31. The molecule has 7 heteroatoms. The molecule has 0 saturated heterocycles. The topological polar surface area (TPSA) is 58.9 Å². The van der Waals surface area contributed by atoms with Crippen LogP contribution in [-0.4, -0.2) is 24.3 Å². The smallest absolute Gasteiger partial charge is 0.492 e. The van der Waals surface area contributed by atoms with Crippen LogP contribution in [0.2, 0.25) is 10.0 Å². The summed E-state index contributed by atoms with van der Waals surface area (Å²) in [4.78, 5) is 0. The molecule has 0 aliphatic carbocycles. The number of rotatable bonds is 5. The SMILES string of the molecule is COc1ccc(OCc2cc(Cl)ccc2Cl)c(B(O)O)c1. The van der Waals surface area contributed by atoms with Gasteiger partial charge in [0.25, 0.3) is 0 Å². The first-order valence-corrected chi connectivity index (χ1v) is 6.87. The molecule has 0 atom stereocenters. The van der Waals surface area contributed by atoms with Gasteiger partial charge >= 0.3 is 7.12 Å². The van der Waals surface area contributed by atoms with Crippen molar-refractivity contribution in [2.45, 2.75) is 6.61 Å². The largest absolute Gasteiger partial charge is 0.497 e.